The number of rotatable bonds is 10. The average Bonchev–Trinajstić information content (AvgIpc) is 3.94. The van der Waals surface area contributed by atoms with Gasteiger partial charge in [-0.15, -0.1) is 0 Å². The fraction of sp³-hybridized carbons (Fsp3) is 0.0488. The zero-order valence-electron chi connectivity index (χ0n) is 33.4. The number of aromatic amines is 2. The molecule has 8 aromatic rings. The molecule has 4 N–H and O–H groups in total. The van der Waals surface area contributed by atoms with Crippen LogP contribution in [0.3, 0.4) is 0 Å². The number of carbonyl (C=O) groups is 2. The molecule has 0 fully saturated rings. The Morgan fingerprint density at radius 1 is 0.580 bits per heavy atom. The highest BCUT2D eigenvalue weighted by atomic mass is 35.5. The van der Waals surface area contributed by atoms with Crippen LogP contribution in [0.2, 0.25) is 5.15 Å². The molecule has 15 nitrogen and oxygen atoms in total. The number of carbonyl (C=O) groups excluding carboxylic acids is 2. The van der Waals surface area contributed by atoms with E-state index in [0.717, 1.165) is 31.1 Å². The molecule has 0 atom stereocenters. The van der Waals surface area contributed by atoms with E-state index in [4.69, 9.17) is 11.6 Å². The molecule has 4 aromatic carbocycles. The third-order valence-corrected chi connectivity index (χ3v) is 12.6. The van der Waals surface area contributed by atoms with Gasteiger partial charge >= 0.3 is 12.4 Å². The standard InChI is InChI=1S/C21H10F5N5O3S.C20H10ClF5N4O3S/c22-13-5-6-14(31-35(33,34)11-3-1-10(2-4-11)21(24,25)26)18(23)17(13)19(32)12-8-28-20-16(12)15(7-27)29-9-30-20;21-18-14-11(7-27-19(14)29-8-28-18)17(31)15-12(22)5-6-13(16(15)23)30-34(32,33)10-3-1-9(2-4-10)20(24,25)26/h1-6,8-9,31H,(H,28,29,30);1-8,30H,(H,27,28,29). The van der Waals surface area contributed by atoms with Crippen LogP contribution in [0.5, 0.6) is 0 Å². The third kappa shape index (κ3) is 9.75. The number of nitriles is 1. The Morgan fingerprint density at radius 3 is 1.38 bits per heavy atom. The molecule has 69 heavy (non-hydrogen) atoms. The molecule has 0 aliphatic rings. The number of fused-ring (bicyclic) bond motifs is 2. The first-order valence-electron chi connectivity index (χ1n) is 18.5. The SMILES string of the molecule is N#Cc1ncnc2[nH]cc(C(=O)c3c(F)ccc(NS(=O)(=O)c4ccc(C(F)(F)F)cc4)c3F)c12.O=C(c1c(F)ccc(NS(=O)(=O)c2ccc(C(F)(F)F)cc2)c1F)c1c[nH]c2ncnc(Cl)c12. The number of ketones is 2. The maximum atomic E-state index is 15.2. The third-order valence-electron chi connectivity index (χ3n) is 9.60. The summed E-state index contributed by atoms with van der Waals surface area (Å²) < 4.78 is 189. The number of H-pyrrole nitrogens is 2. The maximum absolute atomic E-state index is 15.2. The summed E-state index contributed by atoms with van der Waals surface area (Å²) in [5.41, 5.74) is -6.69. The molecule has 0 bridgehead atoms. The van der Waals surface area contributed by atoms with Crippen LogP contribution in [0.4, 0.5) is 55.3 Å². The summed E-state index contributed by atoms with van der Waals surface area (Å²) in [6.07, 6.45) is -5.06. The van der Waals surface area contributed by atoms with Crippen molar-refractivity contribution >= 4 is 76.7 Å². The van der Waals surface area contributed by atoms with Crippen molar-refractivity contribution < 1.29 is 70.3 Å². The first-order chi connectivity index (χ1) is 32.3. The van der Waals surface area contributed by atoms with E-state index >= 15 is 8.78 Å². The van der Waals surface area contributed by atoms with Gasteiger partial charge in [-0.1, -0.05) is 11.6 Å². The van der Waals surface area contributed by atoms with Gasteiger partial charge in [0.05, 0.1) is 65.3 Å². The number of hydrogen-bond donors (Lipinski definition) is 4. The fourth-order valence-electron chi connectivity index (χ4n) is 6.33. The van der Waals surface area contributed by atoms with Gasteiger partial charge in [-0.25, -0.2) is 54.3 Å². The smallest absolute Gasteiger partial charge is 0.345 e. The zero-order valence-corrected chi connectivity index (χ0v) is 35.8. The Labute approximate surface area is 384 Å². The minimum absolute atomic E-state index is 0.00343. The van der Waals surface area contributed by atoms with Crippen LogP contribution in [-0.2, 0) is 32.4 Å². The van der Waals surface area contributed by atoms with Gasteiger partial charge in [-0.3, -0.25) is 19.0 Å². The van der Waals surface area contributed by atoms with Gasteiger partial charge < -0.3 is 9.97 Å². The van der Waals surface area contributed by atoms with Crippen molar-refractivity contribution in [3.63, 3.8) is 0 Å². The second kappa shape index (κ2) is 18.3. The quantitative estimate of drug-likeness (QED) is 0.0573. The second-order valence-electron chi connectivity index (χ2n) is 13.8. The monoisotopic (exact) mass is 1020 g/mol. The van der Waals surface area contributed by atoms with Crippen LogP contribution in [-0.4, -0.2) is 58.3 Å². The molecule has 0 radical (unpaired) electrons. The molecule has 4 heterocycles. The summed E-state index contributed by atoms with van der Waals surface area (Å²) in [5.74, 6) is -8.13. The summed E-state index contributed by atoms with van der Waals surface area (Å²) in [4.78, 5) is 45.0. The summed E-state index contributed by atoms with van der Waals surface area (Å²) in [5, 5.41) is 8.99. The van der Waals surface area contributed by atoms with Gasteiger partial charge in [0.25, 0.3) is 20.0 Å². The van der Waals surface area contributed by atoms with E-state index in [-0.39, 0.29) is 44.0 Å². The zero-order chi connectivity index (χ0) is 50.4. The van der Waals surface area contributed by atoms with Crippen molar-refractivity contribution in [3.8, 4) is 6.07 Å². The molecule has 0 aliphatic heterocycles. The van der Waals surface area contributed by atoms with E-state index < -0.39 is 111 Å². The molecular formula is C41H20ClF10N9O6S2. The lowest BCUT2D eigenvalue weighted by Gasteiger charge is -2.13. The van der Waals surface area contributed by atoms with Crippen LogP contribution in [0.1, 0.15) is 48.7 Å². The highest BCUT2D eigenvalue weighted by Gasteiger charge is 2.33. The second-order valence-corrected chi connectivity index (χ2v) is 17.6. The van der Waals surface area contributed by atoms with Crippen LogP contribution in [0.25, 0.3) is 22.1 Å². The molecule has 0 spiro atoms. The normalized spacial score (nSPS) is 12.0. The molecule has 0 unspecified atom stereocenters. The minimum atomic E-state index is -4.70. The van der Waals surface area contributed by atoms with Gasteiger partial charge in [0.15, 0.2) is 17.3 Å². The van der Waals surface area contributed by atoms with Crippen molar-refractivity contribution in [2.24, 2.45) is 0 Å². The molecular weight excluding hydrogens is 1000 g/mol. The fourth-order valence-corrected chi connectivity index (χ4v) is 8.69. The largest absolute Gasteiger partial charge is 0.416 e. The highest BCUT2D eigenvalue weighted by Crippen LogP contribution is 2.34. The summed E-state index contributed by atoms with van der Waals surface area (Å²) in [6.45, 7) is 0. The molecule has 0 amide bonds. The van der Waals surface area contributed by atoms with Crippen LogP contribution >= 0.6 is 11.6 Å². The van der Waals surface area contributed by atoms with Gasteiger partial charge in [0.1, 0.15) is 46.8 Å². The van der Waals surface area contributed by atoms with E-state index in [2.05, 4.69) is 29.9 Å². The topological polar surface area (TPSA) is 233 Å². The summed E-state index contributed by atoms with van der Waals surface area (Å²) >= 11 is 5.97. The maximum Gasteiger partial charge on any atom is 0.416 e. The van der Waals surface area contributed by atoms with Crippen molar-refractivity contribution in [1.29, 1.82) is 5.26 Å². The van der Waals surface area contributed by atoms with Crippen LogP contribution < -0.4 is 9.44 Å². The van der Waals surface area contributed by atoms with E-state index in [1.165, 1.54) is 0 Å². The van der Waals surface area contributed by atoms with Crippen molar-refractivity contribution in [2.75, 3.05) is 9.44 Å². The predicted molar refractivity (Wildman–Crippen MR) is 222 cm³/mol. The molecule has 0 aliphatic carbocycles. The Kier molecular flexibility index (Phi) is 13.0. The minimum Gasteiger partial charge on any atom is -0.345 e. The van der Waals surface area contributed by atoms with Crippen LogP contribution in [0, 0.1) is 34.6 Å². The summed E-state index contributed by atoms with van der Waals surface area (Å²) in [6, 6.07) is 9.26. The Balaban J connectivity index is 0.000000204. The number of alkyl halides is 6. The van der Waals surface area contributed by atoms with E-state index in [1.807, 2.05) is 4.72 Å². The molecule has 8 rings (SSSR count). The summed E-state index contributed by atoms with van der Waals surface area (Å²) in [7, 11) is -9.20. The first-order valence-corrected chi connectivity index (χ1v) is 21.8. The van der Waals surface area contributed by atoms with Gasteiger partial charge in [0.2, 0.25) is 11.6 Å². The molecule has 28 heteroatoms. The average molecular weight is 1020 g/mol. The molecule has 0 saturated heterocycles. The Morgan fingerprint density at radius 2 is 0.971 bits per heavy atom. The van der Waals surface area contributed by atoms with Crippen LogP contribution in [0.15, 0.2) is 108 Å². The van der Waals surface area contributed by atoms with Gasteiger partial charge in [-0.05, 0) is 72.8 Å². The number of nitrogens with zero attached hydrogens (tertiary/aromatic N) is 5. The number of benzene rings is 4. The number of halogens is 11. The number of hydrogen-bond acceptors (Lipinski definition) is 11. The lowest BCUT2D eigenvalue weighted by molar-refractivity contribution is -0.138. The molecule has 354 valence electrons. The number of anilines is 2. The van der Waals surface area contributed by atoms with Gasteiger partial charge in [0, 0.05) is 12.4 Å². The van der Waals surface area contributed by atoms with Gasteiger partial charge in [-0.2, -0.15) is 31.6 Å². The number of aromatic nitrogens is 6. The Bertz CT molecular complexity index is 3640. The molecule has 0 saturated carbocycles. The van der Waals surface area contributed by atoms with E-state index in [0.29, 0.717) is 66.7 Å². The van der Waals surface area contributed by atoms with E-state index in [1.54, 1.807) is 10.8 Å². The first kappa shape index (κ1) is 49.0. The lowest BCUT2D eigenvalue weighted by atomic mass is 10.0. The van der Waals surface area contributed by atoms with Crippen molar-refractivity contribution in [3.05, 3.63) is 165 Å². The highest BCUT2D eigenvalue weighted by molar-refractivity contribution is 7.93. The van der Waals surface area contributed by atoms with E-state index in [9.17, 15) is 66.8 Å². The van der Waals surface area contributed by atoms with Crippen molar-refractivity contribution in [1.82, 2.24) is 29.9 Å². The lowest BCUT2D eigenvalue weighted by Crippen LogP contribution is -2.17. The number of sulfonamides is 2. The van der Waals surface area contributed by atoms with Crippen molar-refractivity contribution in [2.45, 2.75) is 22.1 Å². The number of nitrogens with one attached hydrogen (secondary N) is 4. The predicted octanol–water partition coefficient (Wildman–Crippen LogP) is 9.10. The molecule has 4 aromatic heterocycles. The Hall–Kier alpha value is -7.96.